The summed E-state index contributed by atoms with van der Waals surface area (Å²) in [5.74, 6) is -4.07. The number of ether oxygens (including phenoxy) is 1. The molecule has 1 unspecified atom stereocenters. The molecule has 7 rings (SSSR count). The van der Waals surface area contributed by atoms with Crippen LogP contribution < -0.4 is 20.7 Å². The highest BCUT2D eigenvalue weighted by Crippen LogP contribution is 2.70. The van der Waals surface area contributed by atoms with Crippen LogP contribution in [0, 0.1) is 28.6 Å². The van der Waals surface area contributed by atoms with Gasteiger partial charge in [-0.15, -0.1) is 0 Å². The number of unbranched alkanes of at least 4 members (excludes halogenated alkanes) is 1. The molecule has 1 saturated heterocycles. The van der Waals surface area contributed by atoms with E-state index in [2.05, 4.69) is 16.0 Å². The number of aliphatic hydroxyl groups is 2. The first-order valence-electron chi connectivity index (χ1n) is 18.6. The topological polar surface area (TPSA) is 191 Å². The van der Waals surface area contributed by atoms with Gasteiger partial charge < -0.3 is 20.3 Å². The van der Waals surface area contributed by atoms with Crippen LogP contribution >= 0.6 is 0 Å². The van der Waals surface area contributed by atoms with Gasteiger partial charge in [0.1, 0.15) is 17.5 Å². The molecule has 0 radical (unpaired) electrons. The highest BCUT2D eigenvalue weighted by molar-refractivity contribution is 6.24. The molecule has 3 saturated carbocycles. The molecule has 5 N–H and O–H groups in total. The van der Waals surface area contributed by atoms with E-state index >= 15 is 4.39 Å². The van der Waals surface area contributed by atoms with Crippen LogP contribution in [0.5, 0.6) is 5.75 Å². The number of rotatable bonds is 10. The lowest BCUT2D eigenvalue weighted by atomic mass is 9.45. The van der Waals surface area contributed by atoms with E-state index in [1.54, 1.807) is 13.0 Å². The molecule has 2 aliphatic heterocycles. The van der Waals surface area contributed by atoms with Crippen LogP contribution in [-0.2, 0) is 19.2 Å². The van der Waals surface area contributed by atoms with Gasteiger partial charge in [0.15, 0.2) is 18.1 Å². The Morgan fingerprint density at radius 1 is 1.06 bits per heavy atom. The fourth-order valence-corrected chi connectivity index (χ4v) is 10.5. The van der Waals surface area contributed by atoms with Crippen molar-refractivity contribution in [1.29, 1.82) is 0 Å². The fraction of sp³-hybridized carbons (Fsp3) is 0.590. The third-order valence-electron chi connectivity index (χ3n) is 13.3. The van der Waals surface area contributed by atoms with Crippen molar-refractivity contribution in [3.8, 4) is 5.75 Å². The van der Waals surface area contributed by atoms with E-state index in [0.717, 1.165) is 10.5 Å². The zero-order valence-corrected chi connectivity index (χ0v) is 30.2. The number of aliphatic hydroxyl groups excluding tert-OH is 1. The smallest absolute Gasteiger partial charge is 0.266 e. The largest absolute Gasteiger partial charge is 0.483 e. The first-order chi connectivity index (χ1) is 25.1. The maximum atomic E-state index is 17.4. The van der Waals surface area contributed by atoms with Crippen LogP contribution in [0.3, 0.4) is 0 Å². The van der Waals surface area contributed by atoms with Crippen molar-refractivity contribution in [2.24, 2.45) is 28.6 Å². The van der Waals surface area contributed by atoms with Crippen molar-refractivity contribution < 1.29 is 48.1 Å². The molecule has 0 bridgehead atoms. The number of halogens is 1. The Balaban J connectivity index is 0.904. The maximum absolute atomic E-state index is 17.4. The van der Waals surface area contributed by atoms with Gasteiger partial charge in [-0.05, 0) is 94.5 Å². The molecule has 53 heavy (non-hydrogen) atoms. The van der Waals surface area contributed by atoms with E-state index in [-0.39, 0.29) is 53.8 Å². The molecule has 1 aromatic carbocycles. The Kier molecular flexibility index (Phi) is 9.26. The summed E-state index contributed by atoms with van der Waals surface area (Å²) in [5.41, 5.74) is -4.48. The highest BCUT2D eigenvalue weighted by Gasteiger charge is 2.74. The second-order valence-electron chi connectivity index (χ2n) is 16.1. The first kappa shape index (κ1) is 37.1. The number of hydrogen-bond donors (Lipinski definition) is 5. The number of allylic oxidation sites excluding steroid dienone is 4. The molecule has 13 nitrogen and oxygen atoms in total. The average molecular weight is 735 g/mol. The molecule has 2 heterocycles. The number of ketones is 1. The summed E-state index contributed by atoms with van der Waals surface area (Å²) in [4.78, 5) is 75.9. The predicted octanol–water partition coefficient (Wildman–Crippen LogP) is 2.26. The van der Waals surface area contributed by atoms with Gasteiger partial charge in [0.05, 0.1) is 17.2 Å². The number of imide groups is 2. The van der Waals surface area contributed by atoms with Crippen molar-refractivity contribution in [3.63, 3.8) is 0 Å². The lowest BCUT2D eigenvalue weighted by Gasteiger charge is -2.62. The molecule has 5 amide bonds. The number of nitrogens with one attached hydrogen (secondary N) is 3. The van der Waals surface area contributed by atoms with Crippen LogP contribution in [0.25, 0.3) is 0 Å². The number of fused-ring (bicyclic) bond motifs is 6. The summed E-state index contributed by atoms with van der Waals surface area (Å²) in [5, 5.41) is 32.0. The lowest BCUT2D eigenvalue weighted by Crippen LogP contribution is -2.70. The average Bonchev–Trinajstić information content (AvgIpc) is 3.47. The summed E-state index contributed by atoms with van der Waals surface area (Å²) in [6.07, 6.45) is 6.11. The Labute approximate surface area is 306 Å². The van der Waals surface area contributed by atoms with Gasteiger partial charge in [-0.2, -0.15) is 0 Å². The van der Waals surface area contributed by atoms with Crippen LogP contribution in [0.15, 0.2) is 42.0 Å². The summed E-state index contributed by atoms with van der Waals surface area (Å²) in [6.45, 7) is 5.99. The Morgan fingerprint density at radius 3 is 2.57 bits per heavy atom. The minimum absolute atomic E-state index is 0.00307. The minimum Gasteiger partial charge on any atom is -0.483 e. The number of carbonyl (C=O) groups excluding carboxylic acids is 6. The second kappa shape index (κ2) is 13.2. The van der Waals surface area contributed by atoms with Gasteiger partial charge in [0, 0.05) is 29.7 Å². The molecule has 284 valence electrons. The standard InChI is InChI=1S/C39H47FN4O9/c1-21-17-26-25-10-9-22-18-23(45)13-14-36(22,2)38(25,40)29(46)19-37(26,3)39(21,52)42-16-5-4-15-41-31(48)20-53-28-8-6-7-24-32(28)35(51)44(34(24)50)27-11-12-30(47)43-33(27)49/h6-8,13-14,18,21,25-27,29,42,46,52H,4-5,9-12,15-17,19-20H2,1-3H3,(H,41,48)(H,43,47,49)/t21-,25+,26+,27?,29+,36+,37+,38+,39-/m1/s1. The molecule has 1 aromatic rings. The number of benzene rings is 1. The van der Waals surface area contributed by atoms with Crippen LogP contribution in [0.4, 0.5) is 4.39 Å². The highest BCUT2D eigenvalue weighted by atomic mass is 19.1. The monoisotopic (exact) mass is 734 g/mol. The zero-order chi connectivity index (χ0) is 38.1. The van der Waals surface area contributed by atoms with Crippen LogP contribution in [-0.4, -0.2) is 93.7 Å². The molecule has 0 aromatic heterocycles. The van der Waals surface area contributed by atoms with Gasteiger partial charge in [0.2, 0.25) is 11.8 Å². The Bertz CT molecular complexity index is 1850. The van der Waals surface area contributed by atoms with Gasteiger partial charge in [-0.3, -0.25) is 44.3 Å². The van der Waals surface area contributed by atoms with E-state index in [0.29, 0.717) is 45.2 Å². The third-order valence-corrected chi connectivity index (χ3v) is 13.3. The van der Waals surface area contributed by atoms with Crippen molar-refractivity contribution in [1.82, 2.24) is 20.9 Å². The predicted molar refractivity (Wildman–Crippen MR) is 187 cm³/mol. The summed E-state index contributed by atoms with van der Waals surface area (Å²) in [6, 6.07) is 3.30. The SMILES string of the molecule is C[C@@H]1C[C@H]2[C@@H]3CCC4=CC(=O)C=C[C@]4(C)[C@@]3(F)[C@@H](O)C[C@]2(C)[C@@]1(O)NCCCCNC(=O)COc1cccc2c1C(=O)N(C1CCC(=O)NC1=O)C2=O. The quantitative estimate of drug-likeness (QED) is 0.135. The summed E-state index contributed by atoms with van der Waals surface area (Å²) < 4.78 is 23.1. The summed E-state index contributed by atoms with van der Waals surface area (Å²) in [7, 11) is 0. The fourth-order valence-electron chi connectivity index (χ4n) is 10.5. The molecule has 6 aliphatic rings. The number of nitrogens with zero attached hydrogens (tertiary/aromatic N) is 1. The minimum atomic E-state index is -1.96. The molecule has 9 atom stereocenters. The van der Waals surface area contributed by atoms with E-state index in [9.17, 15) is 39.0 Å². The van der Waals surface area contributed by atoms with E-state index in [1.165, 1.54) is 30.4 Å². The number of hydrogen-bond acceptors (Lipinski definition) is 10. The Morgan fingerprint density at radius 2 is 1.81 bits per heavy atom. The number of amides is 5. The van der Waals surface area contributed by atoms with Crippen LogP contribution in [0.1, 0.15) is 92.9 Å². The molecule has 4 fully saturated rings. The number of alkyl halides is 1. The molecular formula is C39H47FN4O9. The van der Waals surface area contributed by atoms with Crippen molar-refractivity contribution in [2.75, 3.05) is 19.7 Å². The summed E-state index contributed by atoms with van der Waals surface area (Å²) >= 11 is 0. The van der Waals surface area contributed by atoms with Crippen LogP contribution in [0.2, 0.25) is 0 Å². The molecule has 0 spiro atoms. The Hall–Kier alpha value is -4.27. The number of piperidine rings is 1. The second-order valence-corrected chi connectivity index (χ2v) is 16.1. The van der Waals surface area contributed by atoms with E-state index in [4.69, 9.17) is 4.74 Å². The van der Waals surface area contributed by atoms with E-state index < -0.39 is 76.4 Å². The molecular weight excluding hydrogens is 687 g/mol. The maximum Gasteiger partial charge on any atom is 0.266 e. The van der Waals surface area contributed by atoms with Gasteiger partial charge in [-0.1, -0.05) is 31.6 Å². The molecule has 14 heteroatoms. The molecule has 4 aliphatic carbocycles. The third kappa shape index (κ3) is 5.58. The van der Waals surface area contributed by atoms with E-state index in [1.807, 2.05) is 13.8 Å². The van der Waals surface area contributed by atoms with Crippen molar-refractivity contribution in [2.45, 2.75) is 95.7 Å². The normalized spacial score (nSPS) is 37.4. The zero-order valence-electron chi connectivity index (χ0n) is 30.2. The van der Waals surface area contributed by atoms with Gasteiger partial charge in [-0.25, -0.2) is 4.39 Å². The van der Waals surface area contributed by atoms with Gasteiger partial charge in [0.25, 0.3) is 17.7 Å². The number of carbonyl (C=O) groups is 6. The van der Waals surface area contributed by atoms with Crippen molar-refractivity contribution >= 4 is 35.3 Å². The lowest BCUT2D eigenvalue weighted by molar-refractivity contribution is -0.226. The first-order valence-corrected chi connectivity index (χ1v) is 18.6. The van der Waals surface area contributed by atoms with Crippen molar-refractivity contribution in [3.05, 3.63) is 53.1 Å². The van der Waals surface area contributed by atoms with Gasteiger partial charge >= 0.3 is 0 Å².